The Kier molecular flexibility index (Phi) is 4.46. The summed E-state index contributed by atoms with van der Waals surface area (Å²) in [6, 6.07) is 12.2. The molecule has 0 aromatic heterocycles. The third-order valence-corrected chi connectivity index (χ3v) is 3.58. The molecule has 2 aromatic rings. The molecular formula is C18H22O2. The van der Waals surface area contributed by atoms with E-state index in [2.05, 4.69) is 32.0 Å². The molecule has 1 atom stereocenters. The van der Waals surface area contributed by atoms with Crippen LogP contribution in [0.25, 0.3) is 0 Å². The second-order valence-corrected chi connectivity index (χ2v) is 5.42. The molecule has 1 N–H and O–H groups in total. The Bertz CT molecular complexity index is 600. The fourth-order valence-electron chi connectivity index (χ4n) is 2.18. The summed E-state index contributed by atoms with van der Waals surface area (Å²) in [5.41, 5.74) is 5.66. The standard InChI is InChI=1S/C18H22O2/c1-12-5-8-18(17(9-12)15(4)19)20-11-16-7-6-13(2)14(3)10-16/h5-10,15,19H,11H2,1-4H3. The normalized spacial score (nSPS) is 12.2. The number of hydrogen-bond donors (Lipinski definition) is 1. The molecule has 0 saturated heterocycles. The van der Waals surface area contributed by atoms with Crippen molar-refractivity contribution >= 4 is 0 Å². The lowest BCUT2D eigenvalue weighted by Crippen LogP contribution is -2.02. The van der Waals surface area contributed by atoms with E-state index in [1.165, 1.54) is 11.1 Å². The summed E-state index contributed by atoms with van der Waals surface area (Å²) in [5, 5.41) is 9.83. The van der Waals surface area contributed by atoms with Crippen LogP contribution in [0.1, 0.15) is 40.8 Å². The average molecular weight is 270 g/mol. The Hall–Kier alpha value is -1.80. The van der Waals surface area contributed by atoms with Gasteiger partial charge in [-0.2, -0.15) is 0 Å². The average Bonchev–Trinajstić information content (AvgIpc) is 2.41. The number of aliphatic hydroxyl groups is 1. The minimum atomic E-state index is -0.523. The third-order valence-electron chi connectivity index (χ3n) is 3.58. The maximum atomic E-state index is 9.83. The summed E-state index contributed by atoms with van der Waals surface area (Å²) in [4.78, 5) is 0. The van der Waals surface area contributed by atoms with Crippen molar-refractivity contribution in [3.63, 3.8) is 0 Å². The first-order chi connectivity index (χ1) is 9.47. The molecule has 1 unspecified atom stereocenters. The van der Waals surface area contributed by atoms with Gasteiger partial charge in [-0.15, -0.1) is 0 Å². The molecule has 0 spiro atoms. The van der Waals surface area contributed by atoms with Crippen molar-refractivity contribution in [1.29, 1.82) is 0 Å². The van der Waals surface area contributed by atoms with E-state index in [1.54, 1.807) is 6.92 Å². The number of rotatable bonds is 4. The topological polar surface area (TPSA) is 29.5 Å². The molecule has 0 aliphatic carbocycles. The largest absolute Gasteiger partial charge is 0.489 e. The van der Waals surface area contributed by atoms with Gasteiger partial charge in [-0.3, -0.25) is 0 Å². The van der Waals surface area contributed by atoms with Crippen molar-refractivity contribution < 1.29 is 9.84 Å². The summed E-state index contributed by atoms with van der Waals surface area (Å²) in [6.07, 6.45) is -0.523. The van der Waals surface area contributed by atoms with Gasteiger partial charge in [0, 0.05) is 5.56 Å². The quantitative estimate of drug-likeness (QED) is 0.900. The summed E-state index contributed by atoms with van der Waals surface area (Å²) < 4.78 is 5.87. The second-order valence-electron chi connectivity index (χ2n) is 5.42. The van der Waals surface area contributed by atoms with E-state index in [0.29, 0.717) is 6.61 Å². The monoisotopic (exact) mass is 270 g/mol. The highest BCUT2D eigenvalue weighted by Crippen LogP contribution is 2.27. The molecule has 0 saturated carbocycles. The van der Waals surface area contributed by atoms with Crippen molar-refractivity contribution in [2.75, 3.05) is 0 Å². The van der Waals surface area contributed by atoms with Gasteiger partial charge in [-0.25, -0.2) is 0 Å². The van der Waals surface area contributed by atoms with Crippen LogP contribution < -0.4 is 4.74 Å². The number of aryl methyl sites for hydroxylation is 3. The first-order valence-electron chi connectivity index (χ1n) is 6.95. The zero-order valence-electron chi connectivity index (χ0n) is 12.6. The van der Waals surface area contributed by atoms with Crippen molar-refractivity contribution in [2.45, 2.75) is 40.4 Å². The molecule has 2 nitrogen and oxygen atoms in total. The number of hydrogen-bond acceptors (Lipinski definition) is 2. The van der Waals surface area contributed by atoms with E-state index >= 15 is 0 Å². The fraction of sp³-hybridized carbons (Fsp3) is 0.333. The van der Waals surface area contributed by atoms with Gasteiger partial charge < -0.3 is 9.84 Å². The van der Waals surface area contributed by atoms with Gasteiger partial charge in [-0.05, 0) is 56.5 Å². The molecule has 0 bridgehead atoms. The lowest BCUT2D eigenvalue weighted by atomic mass is 10.1. The summed E-state index contributed by atoms with van der Waals surface area (Å²) in [5.74, 6) is 0.754. The summed E-state index contributed by atoms with van der Waals surface area (Å²) in [7, 11) is 0. The predicted molar refractivity (Wildman–Crippen MR) is 82.1 cm³/mol. The van der Waals surface area contributed by atoms with Crippen LogP contribution in [0.4, 0.5) is 0 Å². The van der Waals surface area contributed by atoms with Crippen LogP contribution >= 0.6 is 0 Å². The zero-order valence-corrected chi connectivity index (χ0v) is 12.6. The van der Waals surface area contributed by atoms with Crippen molar-refractivity contribution in [3.8, 4) is 5.75 Å². The van der Waals surface area contributed by atoms with Gasteiger partial charge in [0.05, 0.1) is 6.10 Å². The van der Waals surface area contributed by atoms with E-state index in [4.69, 9.17) is 4.74 Å². The predicted octanol–water partition coefficient (Wildman–Crippen LogP) is 4.24. The molecule has 0 fully saturated rings. The molecule has 2 aromatic carbocycles. The third kappa shape index (κ3) is 3.40. The van der Waals surface area contributed by atoms with E-state index < -0.39 is 6.10 Å². The van der Waals surface area contributed by atoms with Gasteiger partial charge in [0.2, 0.25) is 0 Å². The van der Waals surface area contributed by atoms with Crippen molar-refractivity contribution in [3.05, 3.63) is 64.2 Å². The first-order valence-corrected chi connectivity index (χ1v) is 6.95. The van der Waals surface area contributed by atoms with E-state index in [-0.39, 0.29) is 0 Å². The summed E-state index contributed by atoms with van der Waals surface area (Å²) >= 11 is 0. The SMILES string of the molecule is Cc1ccc(OCc2ccc(C)c(C)c2)c(C(C)O)c1. The molecule has 0 heterocycles. The van der Waals surface area contributed by atoms with Crippen LogP contribution in [0.5, 0.6) is 5.75 Å². The number of ether oxygens (including phenoxy) is 1. The smallest absolute Gasteiger partial charge is 0.125 e. The zero-order chi connectivity index (χ0) is 14.7. The van der Waals surface area contributed by atoms with Crippen molar-refractivity contribution in [2.24, 2.45) is 0 Å². The van der Waals surface area contributed by atoms with Crippen LogP contribution in [0.15, 0.2) is 36.4 Å². The minimum absolute atomic E-state index is 0.518. The Labute approximate surface area is 121 Å². The molecule has 0 aliphatic rings. The molecule has 106 valence electrons. The molecule has 0 radical (unpaired) electrons. The summed E-state index contributed by atoms with van der Waals surface area (Å²) in [6.45, 7) is 8.50. The van der Waals surface area contributed by atoms with Gasteiger partial charge >= 0.3 is 0 Å². The Morgan fingerprint density at radius 2 is 1.75 bits per heavy atom. The molecule has 2 heteroatoms. The maximum absolute atomic E-state index is 9.83. The highest BCUT2D eigenvalue weighted by atomic mass is 16.5. The van der Waals surface area contributed by atoms with Gasteiger partial charge in [0.15, 0.2) is 0 Å². The van der Waals surface area contributed by atoms with Crippen LogP contribution in [0, 0.1) is 20.8 Å². The molecule has 20 heavy (non-hydrogen) atoms. The molecule has 2 rings (SSSR count). The van der Waals surface area contributed by atoms with Crippen LogP contribution in [0.2, 0.25) is 0 Å². The lowest BCUT2D eigenvalue weighted by molar-refractivity contribution is 0.190. The number of aliphatic hydroxyl groups excluding tert-OH is 1. The molecular weight excluding hydrogens is 248 g/mol. The van der Waals surface area contributed by atoms with Crippen LogP contribution in [0.3, 0.4) is 0 Å². The highest BCUT2D eigenvalue weighted by molar-refractivity contribution is 5.38. The van der Waals surface area contributed by atoms with Gasteiger partial charge in [0.25, 0.3) is 0 Å². The lowest BCUT2D eigenvalue weighted by Gasteiger charge is -2.15. The first kappa shape index (κ1) is 14.6. The van der Waals surface area contributed by atoms with Crippen LogP contribution in [-0.2, 0) is 6.61 Å². The van der Waals surface area contributed by atoms with Crippen LogP contribution in [-0.4, -0.2) is 5.11 Å². The van der Waals surface area contributed by atoms with Gasteiger partial charge in [-0.1, -0.05) is 29.8 Å². The van der Waals surface area contributed by atoms with Crippen molar-refractivity contribution in [1.82, 2.24) is 0 Å². The molecule has 0 amide bonds. The van der Waals surface area contributed by atoms with E-state index in [9.17, 15) is 5.11 Å². The van der Waals surface area contributed by atoms with E-state index in [1.807, 2.05) is 25.1 Å². The minimum Gasteiger partial charge on any atom is -0.489 e. The highest BCUT2D eigenvalue weighted by Gasteiger charge is 2.09. The molecule has 0 aliphatic heterocycles. The Morgan fingerprint density at radius 3 is 2.40 bits per heavy atom. The fourth-order valence-corrected chi connectivity index (χ4v) is 2.18. The number of benzene rings is 2. The maximum Gasteiger partial charge on any atom is 0.125 e. The van der Waals surface area contributed by atoms with Gasteiger partial charge in [0.1, 0.15) is 12.4 Å². The Morgan fingerprint density at radius 1 is 1.00 bits per heavy atom. The van der Waals surface area contributed by atoms with E-state index in [0.717, 1.165) is 22.4 Å². The second kappa shape index (κ2) is 6.10. The Balaban J connectivity index is 2.16.